The third-order valence-electron chi connectivity index (χ3n) is 1.10. The lowest BCUT2D eigenvalue weighted by Crippen LogP contribution is -2.18. The highest BCUT2D eigenvalue weighted by atomic mass is 32.1. The molecule has 0 heterocycles. The highest BCUT2D eigenvalue weighted by Crippen LogP contribution is 2.00. The minimum absolute atomic E-state index is 0.299. The first-order valence-corrected chi connectivity index (χ1v) is 5.08. The number of nitrogens with two attached hydrogens (primary N) is 2. The predicted molar refractivity (Wildman–Crippen MR) is 64.2 cm³/mol. The highest BCUT2D eigenvalue weighted by molar-refractivity contribution is 7.80. The minimum Gasteiger partial charge on any atom is -0.328 e. The molecule has 0 aliphatic rings. The molecule has 0 radical (unpaired) electrons. The third-order valence-corrected chi connectivity index (χ3v) is 1.31. The summed E-state index contributed by atoms with van der Waals surface area (Å²) in [6, 6.07) is 0.299. The van der Waals surface area contributed by atoms with Crippen molar-refractivity contribution < 1.29 is 0 Å². The molecule has 0 aliphatic heterocycles. The Bertz CT molecular complexity index is 116. The molecule has 2 unspecified atom stereocenters. The molecular formula is C9H23N3S. The van der Waals surface area contributed by atoms with Crippen LogP contribution in [0.3, 0.4) is 0 Å². The third kappa shape index (κ3) is 24.5. The van der Waals surface area contributed by atoms with Crippen molar-refractivity contribution in [2.24, 2.45) is 22.6 Å². The van der Waals surface area contributed by atoms with E-state index in [2.05, 4.69) is 17.7 Å². The Morgan fingerprint density at radius 3 is 1.77 bits per heavy atom. The van der Waals surface area contributed by atoms with Crippen LogP contribution < -0.4 is 11.6 Å². The van der Waals surface area contributed by atoms with E-state index in [0.717, 1.165) is 6.42 Å². The van der Waals surface area contributed by atoms with Crippen molar-refractivity contribution in [1.82, 2.24) is 0 Å². The fourth-order valence-electron chi connectivity index (χ4n) is 0.710. The molecule has 0 saturated carbocycles. The lowest BCUT2D eigenvalue weighted by molar-refractivity contribution is 0.665. The summed E-state index contributed by atoms with van der Waals surface area (Å²) in [6.45, 7) is 8.09. The van der Waals surface area contributed by atoms with E-state index in [4.69, 9.17) is 11.6 Å². The van der Waals surface area contributed by atoms with Gasteiger partial charge in [0.1, 0.15) is 0 Å². The molecule has 0 aliphatic carbocycles. The van der Waals surface area contributed by atoms with Gasteiger partial charge in [-0.3, -0.25) is 0 Å². The van der Waals surface area contributed by atoms with Crippen LogP contribution in [0.25, 0.3) is 0 Å². The van der Waals surface area contributed by atoms with E-state index in [1.807, 2.05) is 27.7 Å². The van der Waals surface area contributed by atoms with Gasteiger partial charge in [0.15, 0.2) is 0 Å². The Labute approximate surface area is 87.4 Å². The van der Waals surface area contributed by atoms with Gasteiger partial charge in [-0.2, -0.15) is 17.7 Å². The molecule has 4 N–H and O–H groups in total. The van der Waals surface area contributed by atoms with Crippen molar-refractivity contribution in [3.63, 3.8) is 0 Å². The van der Waals surface area contributed by atoms with Gasteiger partial charge in [0.25, 0.3) is 0 Å². The predicted octanol–water partition coefficient (Wildman–Crippen LogP) is 1.63. The van der Waals surface area contributed by atoms with Crippen LogP contribution in [-0.2, 0) is 0 Å². The van der Waals surface area contributed by atoms with Gasteiger partial charge in [-0.05, 0) is 19.3 Å². The Balaban J connectivity index is 0. The number of nitrogens with zero attached hydrogens (tertiary/aromatic N) is 1. The average molecular weight is 205 g/mol. The molecule has 0 aromatic carbocycles. The second-order valence-corrected chi connectivity index (χ2v) is 4.49. The summed E-state index contributed by atoms with van der Waals surface area (Å²) in [6.07, 6.45) is 2.70. The maximum absolute atomic E-state index is 5.44. The van der Waals surface area contributed by atoms with Gasteiger partial charge in [0, 0.05) is 17.5 Å². The summed E-state index contributed by atoms with van der Waals surface area (Å²) < 4.78 is 0. The molecule has 4 heteroatoms. The quantitative estimate of drug-likeness (QED) is 0.284. The highest BCUT2D eigenvalue weighted by Gasteiger charge is 1.96. The zero-order valence-electron chi connectivity index (χ0n) is 9.07. The molecule has 0 bridgehead atoms. The first kappa shape index (κ1) is 15.3. The van der Waals surface area contributed by atoms with Crippen LogP contribution in [0.15, 0.2) is 5.10 Å². The van der Waals surface area contributed by atoms with Crippen molar-refractivity contribution in [1.29, 1.82) is 0 Å². The van der Waals surface area contributed by atoms with E-state index in [9.17, 15) is 0 Å². The van der Waals surface area contributed by atoms with Crippen molar-refractivity contribution >= 4 is 18.8 Å². The molecule has 0 spiro atoms. The number of rotatable bonds is 3. The SMILES string of the molecule is CC(C)/C=N\N.CC(N)CC(C)S. The maximum atomic E-state index is 5.44. The summed E-state index contributed by atoms with van der Waals surface area (Å²) in [5.74, 6) is 5.28. The van der Waals surface area contributed by atoms with Gasteiger partial charge in [-0.15, -0.1) is 0 Å². The summed E-state index contributed by atoms with van der Waals surface area (Å²) in [7, 11) is 0. The standard InChI is InChI=1S/C5H13NS.C4H10N2/c1-4(6)3-5(2)7;1-4(2)3-6-5/h4-5,7H,3,6H2,1-2H3;3-4H,5H2,1-2H3/b;6-3-. The van der Waals surface area contributed by atoms with Gasteiger partial charge in [-0.1, -0.05) is 20.8 Å². The average Bonchev–Trinajstić information content (AvgIpc) is 1.83. The van der Waals surface area contributed by atoms with E-state index in [1.165, 1.54) is 0 Å². The van der Waals surface area contributed by atoms with E-state index in [1.54, 1.807) is 6.21 Å². The largest absolute Gasteiger partial charge is 0.328 e. The number of hydrazone groups is 1. The fourth-order valence-corrected chi connectivity index (χ4v) is 1.04. The molecule has 0 aromatic heterocycles. The molecule has 0 fully saturated rings. The molecule has 0 saturated heterocycles. The lowest BCUT2D eigenvalue weighted by Gasteiger charge is -2.05. The Kier molecular flexibility index (Phi) is 11.6. The van der Waals surface area contributed by atoms with Crippen LogP contribution in [0.4, 0.5) is 0 Å². The number of thiol groups is 1. The Hall–Kier alpha value is -0.220. The van der Waals surface area contributed by atoms with Gasteiger partial charge < -0.3 is 11.6 Å². The first-order valence-electron chi connectivity index (χ1n) is 4.57. The van der Waals surface area contributed by atoms with Gasteiger partial charge in [0.2, 0.25) is 0 Å². The number of hydrogen-bond acceptors (Lipinski definition) is 4. The fraction of sp³-hybridized carbons (Fsp3) is 0.889. The molecule has 13 heavy (non-hydrogen) atoms. The van der Waals surface area contributed by atoms with Gasteiger partial charge in [0.05, 0.1) is 0 Å². The Morgan fingerprint density at radius 1 is 1.31 bits per heavy atom. The van der Waals surface area contributed by atoms with Crippen LogP contribution in [-0.4, -0.2) is 17.5 Å². The van der Waals surface area contributed by atoms with Crippen LogP contribution in [0.1, 0.15) is 34.1 Å². The summed E-state index contributed by atoms with van der Waals surface area (Å²) in [5, 5.41) is 3.75. The number of hydrogen-bond donors (Lipinski definition) is 3. The normalized spacial score (nSPS) is 15.3. The summed E-state index contributed by atoms with van der Waals surface area (Å²) >= 11 is 4.16. The first-order chi connectivity index (χ1) is 5.90. The van der Waals surface area contributed by atoms with E-state index < -0.39 is 0 Å². The molecule has 0 amide bonds. The van der Waals surface area contributed by atoms with Crippen molar-refractivity contribution in [2.45, 2.75) is 45.4 Å². The van der Waals surface area contributed by atoms with Crippen LogP contribution >= 0.6 is 12.6 Å². The zero-order valence-corrected chi connectivity index (χ0v) is 9.96. The lowest BCUT2D eigenvalue weighted by atomic mass is 10.2. The smallest absolute Gasteiger partial charge is 0.0265 e. The molecule has 80 valence electrons. The monoisotopic (exact) mass is 205 g/mol. The van der Waals surface area contributed by atoms with Gasteiger partial charge >= 0.3 is 0 Å². The molecule has 0 rings (SSSR count). The molecular weight excluding hydrogens is 182 g/mol. The Morgan fingerprint density at radius 2 is 1.77 bits per heavy atom. The minimum atomic E-state index is 0.299. The van der Waals surface area contributed by atoms with Crippen LogP contribution in [0.5, 0.6) is 0 Å². The topological polar surface area (TPSA) is 64.4 Å². The summed E-state index contributed by atoms with van der Waals surface area (Å²) in [4.78, 5) is 0. The van der Waals surface area contributed by atoms with Gasteiger partial charge in [-0.25, -0.2) is 0 Å². The van der Waals surface area contributed by atoms with Crippen LogP contribution in [0, 0.1) is 5.92 Å². The van der Waals surface area contributed by atoms with Crippen molar-refractivity contribution in [3.05, 3.63) is 0 Å². The second kappa shape index (κ2) is 9.86. The summed E-state index contributed by atoms with van der Waals surface area (Å²) in [5.41, 5.74) is 5.44. The van der Waals surface area contributed by atoms with E-state index in [0.29, 0.717) is 17.2 Å². The van der Waals surface area contributed by atoms with E-state index in [-0.39, 0.29) is 0 Å². The second-order valence-electron chi connectivity index (χ2n) is 3.60. The molecule has 3 nitrogen and oxygen atoms in total. The zero-order chi connectivity index (χ0) is 10.9. The van der Waals surface area contributed by atoms with Crippen molar-refractivity contribution in [2.75, 3.05) is 0 Å². The van der Waals surface area contributed by atoms with E-state index >= 15 is 0 Å². The van der Waals surface area contributed by atoms with Crippen molar-refractivity contribution in [3.8, 4) is 0 Å². The maximum Gasteiger partial charge on any atom is 0.0265 e. The van der Waals surface area contributed by atoms with Crippen LogP contribution in [0.2, 0.25) is 0 Å². The molecule has 0 aromatic rings. The molecule has 2 atom stereocenters.